The molecule has 1 aliphatic rings. The van der Waals surface area contributed by atoms with Crippen molar-refractivity contribution in [1.82, 2.24) is 9.47 Å². The van der Waals surface area contributed by atoms with Crippen molar-refractivity contribution < 1.29 is 19.8 Å². The summed E-state index contributed by atoms with van der Waals surface area (Å²) in [6, 6.07) is 1.97. The van der Waals surface area contributed by atoms with Gasteiger partial charge >= 0.3 is 5.97 Å². The first-order chi connectivity index (χ1) is 12.9. The van der Waals surface area contributed by atoms with Gasteiger partial charge in [0.25, 0.3) is 5.56 Å². The molecule has 0 bridgehead atoms. The van der Waals surface area contributed by atoms with Gasteiger partial charge in [0.2, 0.25) is 5.91 Å². The largest absolute Gasteiger partial charge is 0.477 e. The second-order valence-corrected chi connectivity index (χ2v) is 7.63. The van der Waals surface area contributed by atoms with Gasteiger partial charge in [-0.25, -0.2) is 4.79 Å². The predicted octanol–water partition coefficient (Wildman–Crippen LogP) is 1.36. The number of carboxylic acid groups (broad SMARTS) is 1. The summed E-state index contributed by atoms with van der Waals surface area (Å²) in [5.41, 5.74) is 1.50. The lowest BCUT2D eigenvalue weighted by atomic mass is 9.95. The summed E-state index contributed by atoms with van der Waals surface area (Å²) in [5, 5.41) is 23.2. The Morgan fingerprint density at radius 2 is 2.15 bits per heavy atom. The van der Waals surface area contributed by atoms with Crippen molar-refractivity contribution in [3.63, 3.8) is 0 Å². The Bertz CT molecular complexity index is 904. The van der Waals surface area contributed by atoms with E-state index in [2.05, 4.69) is 0 Å². The Morgan fingerprint density at radius 3 is 2.74 bits per heavy atom. The van der Waals surface area contributed by atoms with Crippen molar-refractivity contribution >= 4 is 23.2 Å². The van der Waals surface area contributed by atoms with E-state index in [-0.39, 0.29) is 30.5 Å². The van der Waals surface area contributed by atoms with Crippen molar-refractivity contribution in [3.8, 4) is 0 Å². The highest BCUT2D eigenvalue weighted by Gasteiger charge is 2.27. The molecule has 2 N–H and O–H groups in total. The lowest BCUT2D eigenvalue weighted by Gasteiger charge is -2.29. The molecule has 1 amide bonds. The third-order valence-electron chi connectivity index (χ3n) is 4.95. The normalized spacial score (nSPS) is 14.7. The molecule has 0 spiro atoms. The van der Waals surface area contributed by atoms with Crippen molar-refractivity contribution in [2.75, 3.05) is 13.2 Å². The third kappa shape index (κ3) is 4.12. The van der Waals surface area contributed by atoms with Crippen molar-refractivity contribution in [1.29, 1.82) is 0 Å². The highest BCUT2D eigenvalue weighted by atomic mass is 32.1. The summed E-state index contributed by atoms with van der Waals surface area (Å²) in [7, 11) is 0. The smallest absolute Gasteiger partial charge is 0.341 e. The molecule has 7 nitrogen and oxygen atoms in total. The maximum absolute atomic E-state index is 12.8. The van der Waals surface area contributed by atoms with Gasteiger partial charge in [-0.05, 0) is 46.4 Å². The van der Waals surface area contributed by atoms with E-state index < -0.39 is 11.5 Å². The fraction of sp³-hybridized carbons (Fsp3) is 0.421. The molecule has 0 saturated carbocycles. The van der Waals surface area contributed by atoms with Crippen LogP contribution in [0.4, 0.5) is 0 Å². The quantitative estimate of drug-likeness (QED) is 0.776. The number of hydrogen-bond donors (Lipinski definition) is 2. The van der Waals surface area contributed by atoms with Crippen LogP contribution in [-0.2, 0) is 30.7 Å². The monoisotopic (exact) mass is 390 g/mol. The summed E-state index contributed by atoms with van der Waals surface area (Å²) < 4.78 is 1.37. The van der Waals surface area contributed by atoms with Crippen molar-refractivity contribution in [2.24, 2.45) is 5.92 Å². The zero-order chi connectivity index (χ0) is 19.6. The number of carbonyl (C=O) groups is 2. The Morgan fingerprint density at radius 1 is 1.37 bits per heavy atom. The number of rotatable bonds is 6. The number of carboxylic acids is 1. The number of pyridine rings is 1. The van der Waals surface area contributed by atoms with Gasteiger partial charge in [-0.3, -0.25) is 9.59 Å². The van der Waals surface area contributed by atoms with E-state index in [9.17, 15) is 24.6 Å². The van der Waals surface area contributed by atoms with Crippen LogP contribution in [0.5, 0.6) is 0 Å². The summed E-state index contributed by atoms with van der Waals surface area (Å²) in [6.45, 7) is 2.28. The molecule has 3 rings (SSSR count). The standard InChI is InChI=1S/C19H22N2O5S/c1-12(23)20-4-2-16-15(8-20)9-21(18(24)17(16)19(25)26)7-14(10-22)6-13-3-5-27-11-13/h3,5,9,11,14,22H,2,4,6-8,10H2,1H3,(H,25,26). The number of nitrogens with zero attached hydrogens (tertiary/aromatic N) is 2. The van der Waals surface area contributed by atoms with Gasteiger partial charge in [-0.1, -0.05) is 0 Å². The molecule has 2 aromatic heterocycles. The van der Waals surface area contributed by atoms with E-state index in [4.69, 9.17) is 0 Å². The average Bonchev–Trinajstić information content (AvgIpc) is 3.13. The first kappa shape index (κ1) is 19.3. The lowest BCUT2D eigenvalue weighted by molar-refractivity contribution is -0.129. The van der Waals surface area contributed by atoms with Gasteiger partial charge in [-0.15, -0.1) is 0 Å². The van der Waals surface area contributed by atoms with E-state index in [1.165, 1.54) is 11.5 Å². The number of carbonyl (C=O) groups excluding carboxylic acids is 1. The summed E-state index contributed by atoms with van der Waals surface area (Å²) >= 11 is 1.56. The van der Waals surface area contributed by atoms with Gasteiger partial charge in [-0.2, -0.15) is 11.3 Å². The fourth-order valence-electron chi connectivity index (χ4n) is 3.54. The molecule has 0 aromatic carbocycles. The SMILES string of the molecule is CC(=O)N1CCc2c(cn(CC(CO)Cc3ccsc3)c(=O)c2C(=O)O)C1. The van der Waals surface area contributed by atoms with Crippen LogP contribution in [0.2, 0.25) is 0 Å². The van der Waals surface area contributed by atoms with Crippen LogP contribution in [0.25, 0.3) is 0 Å². The summed E-state index contributed by atoms with van der Waals surface area (Å²) in [5.74, 6) is -1.54. The lowest BCUT2D eigenvalue weighted by Crippen LogP contribution is -2.39. The number of hydrogen-bond acceptors (Lipinski definition) is 5. The minimum absolute atomic E-state index is 0.0824. The first-order valence-corrected chi connectivity index (χ1v) is 9.71. The molecule has 1 aliphatic heterocycles. The molecule has 1 unspecified atom stereocenters. The summed E-state index contributed by atoms with van der Waals surface area (Å²) in [4.78, 5) is 37.8. The van der Waals surface area contributed by atoms with Gasteiger partial charge in [0.15, 0.2) is 0 Å². The second-order valence-electron chi connectivity index (χ2n) is 6.85. The molecule has 0 saturated heterocycles. The molecule has 8 heteroatoms. The molecule has 0 fully saturated rings. The van der Waals surface area contributed by atoms with Crippen LogP contribution in [-0.4, -0.2) is 44.7 Å². The number of aromatic nitrogens is 1. The average molecular weight is 390 g/mol. The Labute approximate surface area is 160 Å². The fourth-order valence-corrected chi connectivity index (χ4v) is 4.22. The van der Waals surface area contributed by atoms with Crippen LogP contribution in [0, 0.1) is 5.92 Å². The molecule has 144 valence electrons. The van der Waals surface area contributed by atoms with E-state index in [1.807, 2.05) is 16.8 Å². The number of aliphatic hydroxyl groups is 1. The van der Waals surface area contributed by atoms with Gasteiger partial charge in [0.1, 0.15) is 5.56 Å². The molecule has 0 radical (unpaired) electrons. The molecule has 2 aromatic rings. The van der Waals surface area contributed by atoms with Crippen LogP contribution < -0.4 is 5.56 Å². The molecular weight excluding hydrogens is 368 g/mol. The number of thiophene rings is 1. The Hall–Kier alpha value is -2.45. The van der Waals surface area contributed by atoms with Gasteiger partial charge < -0.3 is 19.7 Å². The van der Waals surface area contributed by atoms with Gasteiger partial charge in [0, 0.05) is 45.3 Å². The molecular formula is C19H22N2O5S. The van der Waals surface area contributed by atoms with Crippen LogP contribution >= 0.6 is 11.3 Å². The van der Waals surface area contributed by atoms with E-state index >= 15 is 0 Å². The third-order valence-corrected chi connectivity index (χ3v) is 5.68. The maximum Gasteiger partial charge on any atom is 0.341 e. The topological polar surface area (TPSA) is 99.8 Å². The van der Waals surface area contributed by atoms with Crippen LogP contribution in [0.3, 0.4) is 0 Å². The predicted molar refractivity (Wildman–Crippen MR) is 101 cm³/mol. The van der Waals surface area contributed by atoms with E-state index in [1.54, 1.807) is 22.4 Å². The van der Waals surface area contributed by atoms with E-state index in [0.29, 0.717) is 37.1 Å². The zero-order valence-corrected chi connectivity index (χ0v) is 15.9. The minimum Gasteiger partial charge on any atom is -0.477 e. The number of fused-ring (bicyclic) bond motifs is 1. The number of amides is 1. The zero-order valence-electron chi connectivity index (χ0n) is 15.1. The maximum atomic E-state index is 12.8. The molecule has 1 atom stereocenters. The first-order valence-electron chi connectivity index (χ1n) is 8.76. The molecule has 3 heterocycles. The van der Waals surface area contributed by atoms with Crippen LogP contribution in [0.15, 0.2) is 27.8 Å². The Kier molecular flexibility index (Phi) is 5.76. The van der Waals surface area contributed by atoms with Gasteiger partial charge in [0.05, 0.1) is 0 Å². The number of aliphatic hydroxyl groups excluding tert-OH is 1. The highest BCUT2D eigenvalue weighted by molar-refractivity contribution is 7.07. The second kappa shape index (κ2) is 8.06. The number of aromatic carboxylic acids is 1. The van der Waals surface area contributed by atoms with Crippen LogP contribution in [0.1, 0.15) is 34.0 Å². The van der Waals surface area contributed by atoms with Crippen molar-refractivity contribution in [3.05, 3.63) is 55.6 Å². The van der Waals surface area contributed by atoms with Crippen molar-refractivity contribution in [2.45, 2.75) is 32.9 Å². The van der Waals surface area contributed by atoms with E-state index in [0.717, 1.165) is 5.56 Å². The Balaban J connectivity index is 1.96. The molecule has 0 aliphatic carbocycles. The molecule has 27 heavy (non-hydrogen) atoms. The summed E-state index contributed by atoms with van der Waals surface area (Å²) in [6.07, 6.45) is 2.60. The highest BCUT2D eigenvalue weighted by Crippen LogP contribution is 2.22. The minimum atomic E-state index is -1.25.